The van der Waals surface area contributed by atoms with Gasteiger partial charge in [-0.3, -0.25) is 9.69 Å². The number of esters is 1. The van der Waals surface area contributed by atoms with E-state index in [1.165, 1.54) is 16.7 Å². The second kappa shape index (κ2) is 10.8. The molecule has 1 aromatic carbocycles. The molecule has 33 heavy (non-hydrogen) atoms. The zero-order valence-corrected chi connectivity index (χ0v) is 20.1. The number of tetrazole rings is 1. The summed E-state index contributed by atoms with van der Waals surface area (Å²) in [7, 11) is 0. The molecule has 2 heterocycles. The van der Waals surface area contributed by atoms with E-state index in [0.717, 1.165) is 0 Å². The first-order valence-corrected chi connectivity index (χ1v) is 11.8. The average molecular weight is 476 g/mol. The Balaban J connectivity index is 1.72. The van der Waals surface area contributed by atoms with Gasteiger partial charge in [0.25, 0.3) is 0 Å². The van der Waals surface area contributed by atoms with Crippen molar-refractivity contribution in [2.24, 2.45) is 0 Å². The number of nitrogens with zero attached hydrogens (tertiary/aromatic N) is 5. The lowest BCUT2D eigenvalue weighted by Gasteiger charge is -2.38. The van der Waals surface area contributed by atoms with Crippen molar-refractivity contribution in [3.63, 3.8) is 0 Å². The first-order chi connectivity index (χ1) is 15.7. The highest BCUT2D eigenvalue weighted by Gasteiger charge is 2.40. The molecule has 1 amide bonds. The minimum Gasteiger partial charge on any atom is -0.464 e. The van der Waals surface area contributed by atoms with E-state index < -0.39 is 23.7 Å². The molecule has 1 aromatic heterocycles. The summed E-state index contributed by atoms with van der Waals surface area (Å²) in [6.45, 7) is 7.54. The van der Waals surface area contributed by atoms with Crippen molar-refractivity contribution in [2.45, 2.75) is 63.4 Å². The summed E-state index contributed by atoms with van der Waals surface area (Å²) in [4.78, 5) is 39.2. The summed E-state index contributed by atoms with van der Waals surface area (Å²) in [5, 5.41) is 12.4. The van der Waals surface area contributed by atoms with Crippen molar-refractivity contribution < 1.29 is 23.9 Å². The number of thioether (sulfide) groups is 1. The number of ether oxygens (including phenoxy) is 2. The van der Waals surface area contributed by atoms with Gasteiger partial charge < -0.3 is 9.47 Å². The van der Waals surface area contributed by atoms with E-state index in [4.69, 9.17) is 9.47 Å². The van der Waals surface area contributed by atoms with Gasteiger partial charge in [0.05, 0.1) is 18.4 Å². The molecule has 0 bridgehead atoms. The van der Waals surface area contributed by atoms with Crippen LogP contribution in [-0.4, -0.2) is 73.5 Å². The Hall–Kier alpha value is -2.95. The van der Waals surface area contributed by atoms with Crippen LogP contribution < -0.4 is 0 Å². The minimum atomic E-state index is -0.813. The second-order valence-corrected chi connectivity index (χ2v) is 9.55. The van der Waals surface area contributed by atoms with Gasteiger partial charge in [0.1, 0.15) is 11.6 Å². The number of ketones is 1. The third-order valence-corrected chi connectivity index (χ3v) is 5.93. The van der Waals surface area contributed by atoms with E-state index in [9.17, 15) is 14.4 Å². The van der Waals surface area contributed by atoms with E-state index in [0.29, 0.717) is 17.1 Å². The van der Waals surface area contributed by atoms with Crippen molar-refractivity contribution >= 4 is 29.6 Å². The molecule has 0 saturated carbocycles. The summed E-state index contributed by atoms with van der Waals surface area (Å²) in [6, 6.07) is 7.97. The lowest BCUT2D eigenvalue weighted by Crippen LogP contribution is -2.52. The number of Topliss-reactive ketones (excluding diaryl/α,β-unsaturated/α-hetero) is 1. The summed E-state index contributed by atoms with van der Waals surface area (Å²) < 4.78 is 12.3. The van der Waals surface area contributed by atoms with Gasteiger partial charge in [-0.25, -0.2) is 14.3 Å². The lowest BCUT2D eigenvalue weighted by molar-refractivity contribution is -0.151. The smallest absolute Gasteiger partial charge is 0.411 e. The fourth-order valence-corrected chi connectivity index (χ4v) is 4.36. The summed E-state index contributed by atoms with van der Waals surface area (Å²) in [5.74, 6) is -0.337. The first-order valence-electron chi connectivity index (χ1n) is 10.8. The maximum absolute atomic E-state index is 12.7. The molecule has 10 nitrogen and oxygen atoms in total. The van der Waals surface area contributed by atoms with Gasteiger partial charge in [0, 0.05) is 18.5 Å². The molecule has 1 saturated heterocycles. The predicted octanol–water partition coefficient (Wildman–Crippen LogP) is 3.15. The Morgan fingerprint density at radius 3 is 2.58 bits per heavy atom. The van der Waals surface area contributed by atoms with Crippen molar-refractivity contribution in [3.8, 4) is 0 Å². The van der Waals surface area contributed by atoms with Crippen LogP contribution in [0.5, 0.6) is 0 Å². The number of carbonyl (C=O) groups is 3. The summed E-state index contributed by atoms with van der Waals surface area (Å²) in [5.41, 5.74) is -0.0602. The molecule has 3 rings (SSSR count). The molecule has 0 spiro atoms. The highest BCUT2D eigenvalue weighted by Crippen LogP contribution is 2.31. The Morgan fingerprint density at radius 2 is 1.91 bits per heavy atom. The van der Waals surface area contributed by atoms with Gasteiger partial charge in [0.2, 0.25) is 5.16 Å². The maximum Gasteiger partial charge on any atom is 0.411 e. The number of rotatable bonds is 7. The van der Waals surface area contributed by atoms with Crippen LogP contribution in [0, 0.1) is 0 Å². The number of hydrogen-bond donors (Lipinski definition) is 0. The van der Waals surface area contributed by atoms with E-state index in [1.807, 2.05) is 18.2 Å². The number of piperidine rings is 1. The van der Waals surface area contributed by atoms with Crippen LogP contribution in [0.25, 0.3) is 0 Å². The topological polar surface area (TPSA) is 117 Å². The lowest BCUT2D eigenvalue weighted by atomic mass is 9.97. The van der Waals surface area contributed by atoms with Gasteiger partial charge in [-0.2, -0.15) is 0 Å². The van der Waals surface area contributed by atoms with E-state index in [-0.39, 0.29) is 37.2 Å². The van der Waals surface area contributed by atoms with E-state index in [1.54, 1.807) is 44.5 Å². The molecule has 1 fully saturated rings. The Bertz CT molecular complexity index is 975. The highest BCUT2D eigenvalue weighted by atomic mass is 32.2. The van der Waals surface area contributed by atoms with Gasteiger partial charge in [-0.05, 0) is 44.5 Å². The zero-order chi connectivity index (χ0) is 24.0. The monoisotopic (exact) mass is 475 g/mol. The maximum atomic E-state index is 12.7. The largest absolute Gasteiger partial charge is 0.464 e. The van der Waals surface area contributed by atoms with Crippen LogP contribution in [0.4, 0.5) is 4.79 Å². The average Bonchev–Trinajstić information content (AvgIpc) is 3.25. The molecule has 1 aliphatic heterocycles. The minimum absolute atomic E-state index is 0.0284. The van der Waals surface area contributed by atoms with Crippen molar-refractivity contribution in [1.29, 1.82) is 0 Å². The Morgan fingerprint density at radius 1 is 1.18 bits per heavy atom. The molecule has 178 valence electrons. The highest BCUT2D eigenvalue weighted by molar-refractivity contribution is 7.99. The van der Waals surface area contributed by atoms with E-state index in [2.05, 4.69) is 15.5 Å². The van der Waals surface area contributed by atoms with Crippen LogP contribution in [0.15, 0.2) is 35.5 Å². The van der Waals surface area contributed by atoms with Crippen LogP contribution >= 0.6 is 11.8 Å². The van der Waals surface area contributed by atoms with Crippen molar-refractivity contribution in [2.75, 3.05) is 18.9 Å². The molecule has 1 aliphatic rings. The molecule has 0 aliphatic carbocycles. The third kappa shape index (κ3) is 6.53. The molecule has 11 heteroatoms. The fraction of sp³-hybridized carbons (Fsp3) is 0.545. The van der Waals surface area contributed by atoms with Crippen LogP contribution in [0.3, 0.4) is 0 Å². The van der Waals surface area contributed by atoms with Crippen molar-refractivity contribution in [1.82, 2.24) is 25.1 Å². The fourth-order valence-electron chi connectivity index (χ4n) is 3.52. The quantitative estimate of drug-likeness (QED) is 0.338. The van der Waals surface area contributed by atoms with Gasteiger partial charge in [0.15, 0.2) is 5.78 Å². The number of carbonyl (C=O) groups excluding carboxylic acids is 3. The standard InChI is InChI=1S/C22H29N5O5S/c1-5-31-19(29)17-13-16(11-12-26(17)21(30)32-22(2,3)4)27-20(23-24-25-27)33-14-18(28)15-9-7-6-8-10-15/h6-10,16-17H,5,11-14H2,1-4H3/t16-,17-/m1/s1. The van der Waals surface area contributed by atoms with Crippen LogP contribution in [0.1, 0.15) is 56.9 Å². The van der Waals surface area contributed by atoms with Gasteiger partial charge in [-0.15, -0.1) is 5.10 Å². The molecule has 2 atom stereocenters. The Kier molecular flexibility index (Phi) is 8.06. The molecule has 0 N–H and O–H groups in total. The SMILES string of the molecule is CCOC(=O)[C@H]1C[C@H](n2nnnc2SCC(=O)c2ccccc2)CCN1C(=O)OC(C)(C)C. The second-order valence-electron chi connectivity index (χ2n) is 8.60. The zero-order valence-electron chi connectivity index (χ0n) is 19.3. The predicted molar refractivity (Wildman–Crippen MR) is 121 cm³/mol. The molecule has 2 aromatic rings. The molecular formula is C22H29N5O5S. The molecule has 0 radical (unpaired) electrons. The van der Waals surface area contributed by atoms with Gasteiger partial charge >= 0.3 is 12.1 Å². The van der Waals surface area contributed by atoms with Crippen LogP contribution in [0.2, 0.25) is 0 Å². The molecular weight excluding hydrogens is 446 g/mol. The van der Waals surface area contributed by atoms with E-state index >= 15 is 0 Å². The summed E-state index contributed by atoms with van der Waals surface area (Å²) in [6.07, 6.45) is 0.253. The van der Waals surface area contributed by atoms with Gasteiger partial charge in [-0.1, -0.05) is 42.1 Å². The van der Waals surface area contributed by atoms with Crippen molar-refractivity contribution in [3.05, 3.63) is 35.9 Å². The number of benzene rings is 1. The number of amides is 1. The normalized spacial score (nSPS) is 18.6. The van der Waals surface area contributed by atoms with Crippen LogP contribution in [-0.2, 0) is 14.3 Å². The number of likely N-dealkylation sites (tertiary alicyclic amines) is 1. The summed E-state index contributed by atoms with van der Waals surface area (Å²) >= 11 is 1.24. The Labute approximate surface area is 197 Å². The third-order valence-electron chi connectivity index (χ3n) is 5.00. The molecule has 0 unspecified atom stereocenters. The number of hydrogen-bond acceptors (Lipinski definition) is 9. The number of aromatic nitrogens is 4. The first kappa shape index (κ1) is 24.7.